The number of rotatable bonds is 7. The number of fused-ring (bicyclic) bond motifs is 1. The van der Waals surface area contributed by atoms with Crippen LogP contribution in [0, 0.1) is 5.92 Å². The highest BCUT2D eigenvalue weighted by atomic mass is 16.5. The Morgan fingerprint density at radius 3 is 2.50 bits per heavy atom. The molecule has 0 aliphatic carbocycles. The first-order chi connectivity index (χ1) is 18.2. The van der Waals surface area contributed by atoms with Crippen LogP contribution in [0.5, 0.6) is 5.75 Å². The average molecular weight is 526 g/mol. The van der Waals surface area contributed by atoms with Crippen molar-refractivity contribution in [2.45, 2.75) is 64.8 Å². The second-order valence-electron chi connectivity index (χ2n) is 11.1. The Morgan fingerprint density at radius 1 is 1.08 bits per heavy atom. The lowest BCUT2D eigenvalue weighted by Crippen LogP contribution is -2.47. The van der Waals surface area contributed by atoms with Crippen LogP contribution >= 0.6 is 0 Å². The van der Waals surface area contributed by atoms with Crippen LogP contribution in [0.25, 0.3) is 0 Å². The highest BCUT2D eigenvalue weighted by Crippen LogP contribution is 2.29. The number of amides is 1. The van der Waals surface area contributed by atoms with Crippen LogP contribution in [0.1, 0.15) is 56.0 Å². The first-order valence-electron chi connectivity index (χ1n) is 13.9. The summed E-state index contributed by atoms with van der Waals surface area (Å²) < 4.78 is 12.8. The van der Waals surface area contributed by atoms with Gasteiger partial charge in [0.1, 0.15) is 5.75 Å². The van der Waals surface area contributed by atoms with E-state index in [0.29, 0.717) is 24.5 Å². The smallest absolute Gasteiger partial charge is 0.258 e. The summed E-state index contributed by atoms with van der Waals surface area (Å²) in [6.45, 7) is 8.72. The molecule has 38 heavy (non-hydrogen) atoms. The number of carbonyl (C=O) groups is 1. The fraction of sp³-hybridized carbons (Fsp3) is 0.581. The lowest BCUT2D eigenvalue weighted by molar-refractivity contribution is -0.0177. The first kappa shape index (κ1) is 29.9. The molecule has 7 heteroatoms. The van der Waals surface area contributed by atoms with E-state index in [1.54, 1.807) is 4.90 Å². The molecule has 1 amide bonds. The van der Waals surface area contributed by atoms with E-state index in [0.717, 1.165) is 38.0 Å². The highest BCUT2D eigenvalue weighted by Gasteiger charge is 2.30. The standard InChI is InChI=1S/C31H47N3O4/c1-23-19-34(24(2)22-35)31(36)28-18-27(32(4)5)15-16-29(28)38-25(3)12-10-11-17-37-30(23)21-33(6)20-26-13-8-7-9-14-26/h7-9,13-16,18,23-25,30,35H,10-12,17,19-22H2,1-6H3/t23-,24+,25+,30+/m0/s1. The Morgan fingerprint density at radius 2 is 1.82 bits per heavy atom. The van der Waals surface area contributed by atoms with Crippen molar-refractivity contribution in [2.24, 2.45) is 5.92 Å². The van der Waals surface area contributed by atoms with Crippen molar-refractivity contribution in [3.63, 3.8) is 0 Å². The molecule has 1 aliphatic rings. The minimum Gasteiger partial charge on any atom is -0.490 e. The Hall–Kier alpha value is -2.61. The molecule has 0 bridgehead atoms. The SMILES string of the molecule is C[C@@H]1CCCCO[C@H](CN(C)Cc2ccccc2)[C@@H](C)CN([C@H](C)CO)C(=O)c2cc(N(C)C)ccc2O1. The molecule has 0 saturated carbocycles. The zero-order chi connectivity index (χ0) is 27.7. The second-order valence-corrected chi connectivity index (χ2v) is 11.1. The summed E-state index contributed by atoms with van der Waals surface area (Å²) in [6.07, 6.45) is 2.77. The Labute approximate surface area is 229 Å². The molecule has 210 valence electrons. The molecule has 3 rings (SSSR count). The largest absolute Gasteiger partial charge is 0.490 e. The predicted octanol–water partition coefficient (Wildman–Crippen LogP) is 4.68. The molecule has 1 heterocycles. The van der Waals surface area contributed by atoms with Crippen LogP contribution in [0.3, 0.4) is 0 Å². The molecule has 0 radical (unpaired) electrons. The molecule has 0 aromatic heterocycles. The van der Waals surface area contributed by atoms with Gasteiger partial charge in [0.25, 0.3) is 5.91 Å². The van der Waals surface area contributed by atoms with E-state index < -0.39 is 0 Å². The van der Waals surface area contributed by atoms with Crippen LogP contribution in [0.4, 0.5) is 5.69 Å². The maximum atomic E-state index is 14.1. The van der Waals surface area contributed by atoms with Crippen LogP contribution < -0.4 is 9.64 Å². The third-order valence-electron chi connectivity index (χ3n) is 7.34. The van der Waals surface area contributed by atoms with Crippen LogP contribution in [0.2, 0.25) is 0 Å². The van der Waals surface area contributed by atoms with Crippen molar-refractivity contribution in [1.29, 1.82) is 0 Å². The van der Waals surface area contributed by atoms with Gasteiger partial charge in [0.15, 0.2) is 0 Å². The van der Waals surface area contributed by atoms with Gasteiger partial charge in [-0.15, -0.1) is 0 Å². The Bertz CT molecular complexity index is 1000. The van der Waals surface area contributed by atoms with Crippen LogP contribution in [-0.2, 0) is 11.3 Å². The van der Waals surface area contributed by atoms with E-state index in [1.165, 1.54) is 5.56 Å². The van der Waals surface area contributed by atoms with E-state index in [-0.39, 0.29) is 36.7 Å². The van der Waals surface area contributed by atoms with Gasteiger partial charge >= 0.3 is 0 Å². The summed E-state index contributed by atoms with van der Waals surface area (Å²) >= 11 is 0. The molecule has 2 aromatic carbocycles. The van der Waals surface area contributed by atoms with E-state index in [2.05, 4.69) is 50.1 Å². The first-order valence-corrected chi connectivity index (χ1v) is 13.9. The normalized spacial score (nSPS) is 22.4. The number of hydrogen-bond acceptors (Lipinski definition) is 6. The predicted molar refractivity (Wildman–Crippen MR) is 154 cm³/mol. The lowest BCUT2D eigenvalue weighted by Gasteiger charge is -2.36. The van der Waals surface area contributed by atoms with Gasteiger partial charge in [-0.05, 0) is 63.9 Å². The number of ether oxygens (including phenoxy) is 2. The lowest BCUT2D eigenvalue weighted by atomic mass is 10.0. The molecular formula is C31H47N3O4. The second kappa shape index (κ2) is 14.5. The minimum absolute atomic E-state index is 0.0230. The number of aliphatic hydroxyl groups is 1. The fourth-order valence-electron chi connectivity index (χ4n) is 4.92. The van der Waals surface area contributed by atoms with Gasteiger partial charge in [-0.1, -0.05) is 37.3 Å². The molecule has 2 aromatic rings. The zero-order valence-electron chi connectivity index (χ0n) is 24.1. The van der Waals surface area contributed by atoms with E-state index >= 15 is 0 Å². The molecule has 1 aliphatic heterocycles. The fourth-order valence-corrected chi connectivity index (χ4v) is 4.92. The molecule has 0 fully saturated rings. The van der Waals surface area contributed by atoms with Gasteiger partial charge in [-0.3, -0.25) is 9.69 Å². The van der Waals surface area contributed by atoms with Crippen LogP contribution in [-0.4, -0.2) is 86.5 Å². The van der Waals surface area contributed by atoms with E-state index in [1.807, 2.05) is 50.2 Å². The Kier molecular flexibility index (Phi) is 11.4. The van der Waals surface area contributed by atoms with E-state index in [4.69, 9.17) is 9.47 Å². The number of benzene rings is 2. The van der Waals surface area contributed by atoms with Crippen molar-refractivity contribution in [2.75, 3.05) is 52.3 Å². The number of anilines is 1. The molecular weight excluding hydrogens is 478 g/mol. The van der Waals surface area contributed by atoms with Crippen molar-refractivity contribution < 1.29 is 19.4 Å². The van der Waals surface area contributed by atoms with Gasteiger partial charge in [-0.25, -0.2) is 0 Å². The summed E-state index contributed by atoms with van der Waals surface area (Å²) in [6, 6.07) is 15.9. The molecule has 0 spiro atoms. The zero-order valence-corrected chi connectivity index (χ0v) is 24.1. The van der Waals surface area contributed by atoms with Crippen molar-refractivity contribution in [3.05, 3.63) is 59.7 Å². The number of hydrogen-bond donors (Lipinski definition) is 1. The van der Waals surface area contributed by atoms with Gasteiger partial charge in [0, 0.05) is 51.9 Å². The average Bonchev–Trinajstić information content (AvgIpc) is 2.90. The number of likely N-dealkylation sites (N-methyl/N-ethyl adjacent to an activating group) is 1. The third kappa shape index (κ3) is 8.45. The number of carbonyl (C=O) groups excluding carboxylic acids is 1. The minimum atomic E-state index is -0.339. The van der Waals surface area contributed by atoms with Gasteiger partial charge < -0.3 is 24.4 Å². The maximum Gasteiger partial charge on any atom is 0.258 e. The van der Waals surface area contributed by atoms with Crippen molar-refractivity contribution in [3.8, 4) is 5.75 Å². The quantitative estimate of drug-likeness (QED) is 0.566. The van der Waals surface area contributed by atoms with Crippen molar-refractivity contribution in [1.82, 2.24) is 9.80 Å². The van der Waals surface area contributed by atoms with E-state index in [9.17, 15) is 9.90 Å². The molecule has 1 N–H and O–H groups in total. The van der Waals surface area contributed by atoms with Gasteiger partial charge in [0.05, 0.1) is 30.4 Å². The molecule has 7 nitrogen and oxygen atoms in total. The number of aliphatic hydroxyl groups excluding tert-OH is 1. The van der Waals surface area contributed by atoms with Gasteiger partial charge in [-0.2, -0.15) is 0 Å². The summed E-state index contributed by atoms with van der Waals surface area (Å²) in [5, 5.41) is 10.1. The van der Waals surface area contributed by atoms with Crippen LogP contribution in [0.15, 0.2) is 48.5 Å². The summed E-state index contributed by atoms with van der Waals surface area (Å²) in [5.74, 6) is 0.538. The summed E-state index contributed by atoms with van der Waals surface area (Å²) in [4.78, 5) is 20.1. The van der Waals surface area contributed by atoms with Crippen molar-refractivity contribution >= 4 is 11.6 Å². The molecule has 4 atom stereocenters. The maximum absolute atomic E-state index is 14.1. The third-order valence-corrected chi connectivity index (χ3v) is 7.34. The topological polar surface area (TPSA) is 65.5 Å². The number of nitrogens with zero attached hydrogens (tertiary/aromatic N) is 3. The van der Waals surface area contributed by atoms with Gasteiger partial charge in [0.2, 0.25) is 0 Å². The monoisotopic (exact) mass is 525 g/mol. The highest BCUT2D eigenvalue weighted by molar-refractivity contribution is 5.98. The summed E-state index contributed by atoms with van der Waals surface area (Å²) in [5.41, 5.74) is 2.73. The Balaban J connectivity index is 1.90. The summed E-state index contributed by atoms with van der Waals surface area (Å²) in [7, 11) is 6.04. The molecule has 0 unspecified atom stereocenters. The molecule has 0 saturated heterocycles.